The Kier molecular flexibility index (Phi) is 5.72. The van der Waals surface area contributed by atoms with Gasteiger partial charge in [0.2, 0.25) is 0 Å². The molecule has 5 heteroatoms. The molecular weight excluding hydrogens is 393 g/mol. The first-order chi connectivity index (χ1) is 9.08. The van der Waals surface area contributed by atoms with Crippen LogP contribution < -0.4 is 5.32 Å². The number of benzene rings is 1. The number of hydrogen-bond donors (Lipinski definition) is 1. The van der Waals surface area contributed by atoms with Crippen molar-refractivity contribution in [2.24, 2.45) is 0 Å². The molecule has 1 fully saturated rings. The Balaban J connectivity index is 2.09. The first-order valence-corrected chi connectivity index (χ1v) is 8.56. The van der Waals surface area contributed by atoms with Crippen molar-refractivity contribution in [1.82, 2.24) is 5.32 Å². The minimum atomic E-state index is -0.0641. The molecule has 2 nitrogen and oxygen atoms in total. The molecule has 1 aliphatic rings. The van der Waals surface area contributed by atoms with Gasteiger partial charge in [-0.15, -0.1) is 0 Å². The molecule has 0 radical (unpaired) electrons. The number of nitrogens with one attached hydrogen (secondary N) is 1. The van der Waals surface area contributed by atoms with Gasteiger partial charge in [-0.1, -0.05) is 46.8 Å². The van der Waals surface area contributed by atoms with Crippen molar-refractivity contribution >= 4 is 49.4 Å². The summed E-state index contributed by atoms with van der Waals surface area (Å²) in [7, 11) is 0. The fraction of sp³-hybridized carbons (Fsp3) is 0.500. The summed E-state index contributed by atoms with van der Waals surface area (Å²) in [6, 6.07) is 5.46. The number of amides is 1. The smallest absolute Gasteiger partial charge is 0.252 e. The molecule has 1 aromatic carbocycles. The predicted octanol–water partition coefficient (Wildman–Crippen LogP) is 4.93. The van der Waals surface area contributed by atoms with Crippen molar-refractivity contribution in [2.75, 3.05) is 0 Å². The summed E-state index contributed by atoms with van der Waals surface area (Å²) in [4.78, 5) is 12.7. The van der Waals surface area contributed by atoms with Gasteiger partial charge in [0.1, 0.15) is 0 Å². The van der Waals surface area contributed by atoms with Crippen molar-refractivity contribution in [3.63, 3.8) is 0 Å². The van der Waals surface area contributed by atoms with Crippen LogP contribution in [0.3, 0.4) is 0 Å². The Labute approximate surface area is 135 Å². The second kappa shape index (κ2) is 7.09. The molecule has 2 rings (SSSR count). The van der Waals surface area contributed by atoms with E-state index < -0.39 is 0 Å². The first kappa shape index (κ1) is 15.3. The molecule has 0 bridgehead atoms. The highest BCUT2D eigenvalue weighted by atomic mass is 79.9. The quantitative estimate of drug-likeness (QED) is 0.545. The maximum absolute atomic E-state index is 12.3. The zero-order valence-corrected chi connectivity index (χ0v) is 14.4. The minimum Gasteiger partial charge on any atom is -0.348 e. The van der Waals surface area contributed by atoms with Crippen LogP contribution in [0.1, 0.15) is 42.5 Å². The summed E-state index contributed by atoms with van der Waals surface area (Å²) in [6.07, 6.45) is 5.78. The lowest BCUT2D eigenvalue weighted by atomic mass is 10.1. The van der Waals surface area contributed by atoms with Gasteiger partial charge in [-0.05, 0) is 47.0 Å². The number of halogens is 3. The summed E-state index contributed by atoms with van der Waals surface area (Å²) in [5, 5.41) is 3.69. The topological polar surface area (TPSA) is 29.1 Å². The van der Waals surface area contributed by atoms with Crippen molar-refractivity contribution in [1.29, 1.82) is 0 Å². The molecule has 1 aromatic rings. The van der Waals surface area contributed by atoms with Crippen LogP contribution in [0, 0.1) is 0 Å². The highest BCUT2D eigenvalue weighted by Crippen LogP contribution is 2.25. The van der Waals surface area contributed by atoms with Gasteiger partial charge >= 0.3 is 0 Å². The van der Waals surface area contributed by atoms with Crippen LogP contribution in [0.4, 0.5) is 0 Å². The molecule has 0 saturated heterocycles. The third-order valence-electron chi connectivity index (χ3n) is 3.42. The van der Waals surface area contributed by atoms with E-state index in [4.69, 9.17) is 11.6 Å². The zero-order valence-electron chi connectivity index (χ0n) is 10.5. The van der Waals surface area contributed by atoms with Gasteiger partial charge in [0.25, 0.3) is 5.91 Å². The molecule has 19 heavy (non-hydrogen) atoms. The monoisotopic (exact) mass is 407 g/mol. The van der Waals surface area contributed by atoms with Gasteiger partial charge in [-0.25, -0.2) is 0 Å². The molecule has 104 valence electrons. The lowest BCUT2D eigenvalue weighted by molar-refractivity contribution is 0.0934. The highest BCUT2D eigenvalue weighted by Gasteiger charge is 2.24. The van der Waals surface area contributed by atoms with Crippen molar-refractivity contribution in [2.45, 2.75) is 43.0 Å². The third kappa shape index (κ3) is 4.20. The first-order valence-electron chi connectivity index (χ1n) is 6.48. The fourth-order valence-electron chi connectivity index (χ4n) is 2.34. The Bertz CT molecular complexity index is 467. The van der Waals surface area contributed by atoms with Crippen LogP contribution in [0.2, 0.25) is 5.02 Å². The molecule has 0 aliphatic heterocycles. The fourth-order valence-corrected chi connectivity index (χ4v) is 3.66. The Morgan fingerprint density at radius 2 is 2.00 bits per heavy atom. The zero-order chi connectivity index (χ0) is 13.8. The van der Waals surface area contributed by atoms with Gasteiger partial charge < -0.3 is 5.32 Å². The van der Waals surface area contributed by atoms with Gasteiger partial charge in [0.15, 0.2) is 0 Å². The van der Waals surface area contributed by atoms with E-state index in [0.717, 1.165) is 17.3 Å². The maximum Gasteiger partial charge on any atom is 0.252 e. The van der Waals surface area contributed by atoms with Crippen molar-refractivity contribution in [3.05, 3.63) is 33.3 Å². The average molecular weight is 410 g/mol. The highest BCUT2D eigenvalue weighted by molar-refractivity contribution is 9.10. The molecule has 0 spiro atoms. The van der Waals surface area contributed by atoms with Crippen LogP contribution in [-0.2, 0) is 0 Å². The van der Waals surface area contributed by atoms with Gasteiger partial charge in [-0.3, -0.25) is 4.79 Å². The molecular formula is C14H16Br2ClNO. The SMILES string of the molecule is O=C(NC1CCCCCC1Br)c1cc(Cl)ccc1Br. The number of carbonyl (C=O) groups is 1. The predicted molar refractivity (Wildman–Crippen MR) is 86.2 cm³/mol. The van der Waals surface area contributed by atoms with E-state index in [1.807, 2.05) is 0 Å². The van der Waals surface area contributed by atoms with Crippen LogP contribution in [0.25, 0.3) is 0 Å². The molecule has 1 aliphatic carbocycles. The normalized spacial score (nSPS) is 23.7. The van der Waals surface area contributed by atoms with Crippen molar-refractivity contribution in [3.8, 4) is 0 Å². The van der Waals surface area contributed by atoms with E-state index in [-0.39, 0.29) is 11.9 Å². The molecule has 2 unspecified atom stereocenters. The van der Waals surface area contributed by atoms with Gasteiger partial charge in [0.05, 0.1) is 5.56 Å². The molecule has 1 N–H and O–H groups in total. The van der Waals surface area contributed by atoms with Crippen LogP contribution in [0.15, 0.2) is 22.7 Å². The summed E-state index contributed by atoms with van der Waals surface area (Å²) in [5.41, 5.74) is 0.594. The number of hydrogen-bond acceptors (Lipinski definition) is 1. The van der Waals surface area contributed by atoms with Crippen LogP contribution in [0.5, 0.6) is 0 Å². The molecule has 2 atom stereocenters. The average Bonchev–Trinajstić information content (AvgIpc) is 2.58. The van der Waals surface area contributed by atoms with E-state index >= 15 is 0 Å². The van der Waals surface area contributed by atoms with E-state index in [0.29, 0.717) is 15.4 Å². The molecule has 1 saturated carbocycles. The number of alkyl halides is 1. The molecule has 0 heterocycles. The summed E-state index contributed by atoms with van der Waals surface area (Å²) >= 11 is 13.0. The maximum atomic E-state index is 12.3. The summed E-state index contributed by atoms with van der Waals surface area (Å²) in [6.45, 7) is 0. The van der Waals surface area contributed by atoms with Gasteiger partial charge in [-0.2, -0.15) is 0 Å². The van der Waals surface area contributed by atoms with E-state index in [1.165, 1.54) is 19.3 Å². The Hall–Kier alpha value is -0.0600. The number of carbonyl (C=O) groups excluding carboxylic acids is 1. The summed E-state index contributed by atoms with van der Waals surface area (Å²) in [5.74, 6) is -0.0641. The van der Waals surface area contributed by atoms with Crippen LogP contribution in [-0.4, -0.2) is 16.8 Å². The second-order valence-corrected chi connectivity index (χ2v) is 7.33. The van der Waals surface area contributed by atoms with Crippen LogP contribution >= 0.6 is 43.5 Å². The van der Waals surface area contributed by atoms with E-state index in [1.54, 1.807) is 18.2 Å². The molecule has 1 amide bonds. The van der Waals surface area contributed by atoms with Crippen molar-refractivity contribution < 1.29 is 4.79 Å². The molecule has 0 aromatic heterocycles. The number of rotatable bonds is 2. The van der Waals surface area contributed by atoms with E-state index in [2.05, 4.69) is 37.2 Å². The van der Waals surface area contributed by atoms with Gasteiger partial charge in [0, 0.05) is 20.4 Å². The lowest BCUT2D eigenvalue weighted by Crippen LogP contribution is -2.40. The largest absolute Gasteiger partial charge is 0.348 e. The Morgan fingerprint density at radius 1 is 1.26 bits per heavy atom. The minimum absolute atomic E-state index is 0.0641. The lowest BCUT2D eigenvalue weighted by Gasteiger charge is -2.21. The summed E-state index contributed by atoms with van der Waals surface area (Å²) < 4.78 is 0.772. The Morgan fingerprint density at radius 3 is 2.79 bits per heavy atom. The third-order valence-corrected chi connectivity index (χ3v) is 5.44. The standard InChI is InChI=1S/C14H16Br2ClNO/c15-11-7-6-9(17)8-10(11)14(19)18-13-5-3-1-2-4-12(13)16/h6-8,12-13H,1-5H2,(H,18,19). The van der Waals surface area contributed by atoms with E-state index in [9.17, 15) is 4.79 Å². The second-order valence-electron chi connectivity index (χ2n) is 4.86.